The number of nitrogens with zero attached hydrogens (tertiary/aromatic N) is 2. The minimum Gasteiger partial charge on any atom is -0.496 e. The first-order valence-electron chi connectivity index (χ1n) is 9.30. The van der Waals surface area contributed by atoms with Crippen molar-refractivity contribution < 1.29 is 4.74 Å². The Morgan fingerprint density at radius 3 is 2.79 bits per heavy atom. The van der Waals surface area contributed by atoms with E-state index in [1.54, 1.807) is 18.4 Å². The van der Waals surface area contributed by atoms with Gasteiger partial charge in [-0.3, -0.25) is 4.99 Å². The molecule has 2 aromatic rings. The summed E-state index contributed by atoms with van der Waals surface area (Å²) in [4.78, 5) is 11.3. The minimum atomic E-state index is 0. The predicted octanol–water partition coefficient (Wildman–Crippen LogP) is 4.47. The van der Waals surface area contributed by atoms with Crippen LogP contribution in [0.15, 0.2) is 40.4 Å². The van der Waals surface area contributed by atoms with Crippen LogP contribution in [-0.4, -0.2) is 43.9 Å². The maximum absolute atomic E-state index is 5.41. The maximum atomic E-state index is 5.41. The third-order valence-electron chi connectivity index (χ3n) is 4.02. The zero-order valence-electron chi connectivity index (χ0n) is 17.0. The van der Waals surface area contributed by atoms with E-state index in [1.807, 2.05) is 43.2 Å². The molecule has 1 aromatic heterocycles. The van der Waals surface area contributed by atoms with E-state index in [0.717, 1.165) is 43.4 Å². The Labute approximate surface area is 194 Å². The molecule has 0 aliphatic heterocycles. The number of nitrogens with one attached hydrogen (secondary N) is 2. The van der Waals surface area contributed by atoms with Gasteiger partial charge in [0.1, 0.15) is 5.75 Å². The smallest absolute Gasteiger partial charge is 0.190 e. The van der Waals surface area contributed by atoms with Crippen LogP contribution in [0.5, 0.6) is 5.75 Å². The highest BCUT2D eigenvalue weighted by Gasteiger charge is 2.08. The molecule has 2 N–H and O–H groups in total. The van der Waals surface area contributed by atoms with Crippen molar-refractivity contribution in [3.8, 4) is 5.75 Å². The number of aromatic nitrogens is 1. The van der Waals surface area contributed by atoms with Crippen LogP contribution in [-0.2, 0) is 12.8 Å². The Balaban J connectivity index is 0.00000392. The van der Waals surface area contributed by atoms with E-state index >= 15 is 0 Å². The Hall–Kier alpha value is -1.000. The van der Waals surface area contributed by atoms with Crippen LogP contribution >= 0.6 is 47.1 Å². The Morgan fingerprint density at radius 2 is 2.11 bits per heavy atom. The molecule has 0 saturated heterocycles. The van der Waals surface area contributed by atoms with Crippen molar-refractivity contribution in [3.63, 3.8) is 0 Å². The number of halogens is 1. The van der Waals surface area contributed by atoms with Crippen LogP contribution in [0.2, 0.25) is 0 Å². The summed E-state index contributed by atoms with van der Waals surface area (Å²) < 4.78 is 5.41. The lowest BCUT2D eigenvalue weighted by molar-refractivity contribution is 0.405. The molecular weight excluding hydrogens is 503 g/mol. The van der Waals surface area contributed by atoms with Crippen molar-refractivity contribution in [1.82, 2.24) is 15.6 Å². The average molecular weight is 535 g/mol. The Bertz CT molecular complexity index is 724. The highest BCUT2D eigenvalue weighted by Crippen LogP contribution is 2.29. The second kappa shape index (κ2) is 14.1. The number of rotatable bonds is 10. The fourth-order valence-corrected chi connectivity index (χ4v) is 4.35. The van der Waals surface area contributed by atoms with Gasteiger partial charge in [-0.2, -0.15) is 0 Å². The van der Waals surface area contributed by atoms with Crippen LogP contribution in [0.25, 0.3) is 0 Å². The van der Waals surface area contributed by atoms with E-state index < -0.39 is 0 Å². The van der Waals surface area contributed by atoms with E-state index in [-0.39, 0.29) is 24.0 Å². The van der Waals surface area contributed by atoms with Gasteiger partial charge in [-0.1, -0.05) is 26.0 Å². The predicted molar refractivity (Wildman–Crippen MR) is 133 cm³/mol. The topological polar surface area (TPSA) is 58.5 Å². The second-order valence-corrected chi connectivity index (χ2v) is 8.53. The van der Waals surface area contributed by atoms with Gasteiger partial charge in [0, 0.05) is 48.3 Å². The molecule has 28 heavy (non-hydrogen) atoms. The van der Waals surface area contributed by atoms with E-state index in [0.29, 0.717) is 5.92 Å². The van der Waals surface area contributed by atoms with Gasteiger partial charge in [-0.05, 0) is 24.5 Å². The van der Waals surface area contributed by atoms with Crippen LogP contribution in [0, 0.1) is 5.92 Å². The number of benzene rings is 1. The van der Waals surface area contributed by atoms with Crippen LogP contribution in [0.3, 0.4) is 0 Å². The maximum Gasteiger partial charge on any atom is 0.190 e. The summed E-state index contributed by atoms with van der Waals surface area (Å²) in [5, 5.41) is 7.96. The lowest BCUT2D eigenvalue weighted by Crippen LogP contribution is -2.40. The van der Waals surface area contributed by atoms with Gasteiger partial charge in [0.25, 0.3) is 0 Å². The molecule has 0 saturated carbocycles. The zero-order chi connectivity index (χ0) is 19.5. The third kappa shape index (κ3) is 8.57. The monoisotopic (exact) mass is 534 g/mol. The van der Waals surface area contributed by atoms with Gasteiger partial charge >= 0.3 is 0 Å². The summed E-state index contributed by atoms with van der Waals surface area (Å²) in [5.74, 6) is 3.30. The molecule has 156 valence electrons. The minimum absolute atomic E-state index is 0. The summed E-state index contributed by atoms with van der Waals surface area (Å²) >= 11 is 3.62. The number of guanidine groups is 1. The summed E-state index contributed by atoms with van der Waals surface area (Å²) in [6.07, 6.45) is 3.96. The number of methoxy groups -OCH3 is 1. The third-order valence-corrected chi connectivity index (χ3v) is 6.60. The van der Waals surface area contributed by atoms with Crippen molar-refractivity contribution in [2.75, 3.05) is 33.0 Å². The molecule has 1 heterocycles. The van der Waals surface area contributed by atoms with Crippen molar-refractivity contribution in [3.05, 3.63) is 40.3 Å². The van der Waals surface area contributed by atoms with E-state index in [4.69, 9.17) is 4.74 Å². The average Bonchev–Trinajstić information content (AvgIpc) is 3.17. The first-order chi connectivity index (χ1) is 13.2. The largest absolute Gasteiger partial charge is 0.496 e. The number of para-hydroxylation sites is 1. The highest BCUT2D eigenvalue weighted by atomic mass is 127. The van der Waals surface area contributed by atoms with Gasteiger partial charge in [0.15, 0.2) is 5.96 Å². The van der Waals surface area contributed by atoms with E-state index in [1.165, 1.54) is 14.8 Å². The molecule has 0 spiro atoms. The van der Waals surface area contributed by atoms with E-state index in [2.05, 4.69) is 40.5 Å². The second-order valence-electron chi connectivity index (χ2n) is 6.27. The van der Waals surface area contributed by atoms with Gasteiger partial charge in [-0.15, -0.1) is 47.1 Å². The number of aliphatic imine (C=N–C) groups is 1. The molecule has 0 radical (unpaired) electrons. The highest BCUT2D eigenvalue weighted by molar-refractivity contribution is 14.0. The molecule has 2 rings (SSSR count). The Kier molecular flexibility index (Phi) is 12.6. The van der Waals surface area contributed by atoms with Crippen molar-refractivity contribution in [2.45, 2.75) is 31.6 Å². The van der Waals surface area contributed by atoms with Crippen molar-refractivity contribution >= 4 is 53.0 Å². The lowest BCUT2D eigenvalue weighted by atomic mass is 10.2. The van der Waals surface area contributed by atoms with Gasteiger partial charge in [-0.25, -0.2) is 4.98 Å². The van der Waals surface area contributed by atoms with Crippen LogP contribution < -0.4 is 15.4 Å². The van der Waals surface area contributed by atoms with Crippen molar-refractivity contribution in [1.29, 1.82) is 0 Å². The Morgan fingerprint density at radius 1 is 1.32 bits per heavy atom. The zero-order valence-corrected chi connectivity index (χ0v) is 21.0. The number of hydrogen-bond acceptors (Lipinski definition) is 5. The molecule has 8 heteroatoms. The van der Waals surface area contributed by atoms with Crippen LogP contribution in [0.1, 0.15) is 23.7 Å². The fraction of sp³-hybridized carbons (Fsp3) is 0.500. The standard InChI is InChI=1S/C20H30N4OS2.HI/c1-5-16-13-23-19(27-16)10-11-22-20(21-3)24-12-15(2)14-26-18-9-7-6-8-17(18)25-4;/h6-9,13,15H,5,10-12,14H2,1-4H3,(H2,21,22,24);1H. The number of hydrogen-bond donors (Lipinski definition) is 2. The van der Waals surface area contributed by atoms with Gasteiger partial charge in [0.05, 0.1) is 12.1 Å². The molecule has 0 aliphatic carbocycles. The number of thioether (sulfide) groups is 1. The molecule has 5 nitrogen and oxygen atoms in total. The van der Waals surface area contributed by atoms with Gasteiger partial charge < -0.3 is 15.4 Å². The molecule has 0 bridgehead atoms. The number of thiazole rings is 1. The molecule has 1 aromatic carbocycles. The molecule has 1 unspecified atom stereocenters. The number of ether oxygens (including phenoxy) is 1. The summed E-state index contributed by atoms with van der Waals surface area (Å²) in [5.41, 5.74) is 0. The molecular formula is C20H31IN4OS2. The molecule has 1 atom stereocenters. The summed E-state index contributed by atoms with van der Waals surface area (Å²) in [6, 6.07) is 8.15. The van der Waals surface area contributed by atoms with Crippen molar-refractivity contribution in [2.24, 2.45) is 10.9 Å². The SMILES string of the molecule is CCc1cnc(CCNC(=NC)NCC(C)CSc2ccccc2OC)s1.I. The number of aryl methyl sites for hydroxylation is 1. The van der Waals surface area contributed by atoms with E-state index in [9.17, 15) is 0 Å². The lowest BCUT2D eigenvalue weighted by Gasteiger charge is -2.16. The first kappa shape index (κ1) is 25.0. The normalized spacial score (nSPS) is 12.2. The summed E-state index contributed by atoms with van der Waals surface area (Å²) in [6.45, 7) is 6.11. The first-order valence-corrected chi connectivity index (χ1v) is 11.1. The molecule has 0 amide bonds. The molecule has 0 aliphatic rings. The van der Waals surface area contributed by atoms with Gasteiger partial charge in [0.2, 0.25) is 0 Å². The molecule has 0 fully saturated rings. The summed E-state index contributed by atoms with van der Waals surface area (Å²) in [7, 11) is 3.52. The van der Waals surface area contributed by atoms with Crippen LogP contribution in [0.4, 0.5) is 0 Å². The fourth-order valence-electron chi connectivity index (χ4n) is 2.44. The quantitative estimate of drug-likeness (QED) is 0.204.